The first-order chi connectivity index (χ1) is 16.1. The Hall–Kier alpha value is -2.66. The summed E-state index contributed by atoms with van der Waals surface area (Å²) in [5.74, 6) is -0.926. The van der Waals surface area contributed by atoms with E-state index in [9.17, 15) is 19.2 Å². The van der Waals surface area contributed by atoms with Gasteiger partial charge in [-0.2, -0.15) is 0 Å². The fourth-order valence-electron chi connectivity index (χ4n) is 3.54. The number of aliphatic carboxylic acids is 1. The number of carboxylic acids is 1. The van der Waals surface area contributed by atoms with Gasteiger partial charge in [-0.05, 0) is 43.2 Å². The quantitative estimate of drug-likeness (QED) is 0.434. The highest BCUT2D eigenvalue weighted by atomic mass is 32.2. The molecule has 0 bridgehead atoms. The topological polar surface area (TPSA) is 116 Å². The van der Waals surface area contributed by atoms with Gasteiger partial charge in [0.1, 0.15) is 12.4 Å². The number of nitrogens with zero attached hydrogens (tertiary/aromatic N) is 2. The molecule has 11 heteroatoms. The van der Waals surface area contributed by atoms with Crippen LogP contribution in [0.5, 0.6) is 5.75 Å². The highest BCUT2D eigenvalue weighted by Gasteiger charge is 2.53. The number of nitrogens with one attached hydrogen (secondary N) is 1. The molecule has 1 fully saturated rings. The van der Waals surface area contributed by atoms with Crippen LogP contribution in [0, 0.1) is 0 Å². The lowest BCUT2D eigenvalue weighted by molar-refractivity contribution is -0.156. The molecule has 2 unspecified atom stereocenters. The van der Waals surface area contributed by atoms with E-state index in [1.807, 2.05) is 24.6 Å². The maximum Gasteiger partial charge on any atom is 0.305 e. The molecule has 2 rings (SSSR count). The minimum Gasteiger partial charge on any atom is -0.490 e. The van der Waals surface area contributed by atoms with Crippen molar-refractivity contribution in [3.63, 3.8) is 0 Å². The fraction of sp³-hybridized carbons (Fsp3) is 0.478. The summed E-state index contributed by atoms with van der Waals surface area (Å²) in [7, 11) is 3.34. The molecule has 9 nitrogen and oxygen atoms in total. The Morgan fingerprint density at radius 1 is 1.21 bits per heavy atom. The molecule has 0 saturated carbocycles. The number of amides is 3. The van der Waals surface area contributed by atoms with Crippen LogP contribution in [-0.2, 0) is 25.6 Å². The van der Waals surface area contributed by atoms with Gasteiger partial charge >= 0.3 is 5.97 Å². The third kappa shape index (κ3) is 6.26. The molecule has 2 atom stereocenters. The third-order valence-electron chi connectivity index (χ3n) is 5.64. The predicted molar refractivity (Wildman–Crippen MR) is 134 cm³/mol. The van der Waals surface area contributed by atoms with Gasteiger partial charge in [-0.1, -0.05) is 12.1 Å². The van der Waals surface area contributed by atoms with E-state index in [4.69, 9.17) is 9.84 Å². The molecule has 0 radical (unpaired) electrons. The Kier molecular flexibility index (Phi) is 9.87. The number of likely N-dealkylation sites (N-methyl/N-ethyl adjacent to an activating group) is 2. The minimum atomic E-state index is -1.02. The van der Waals surface area contributed by atoms with Crippen LogP contribution in [0.1, 0.15) is 18.9 Å². The third-order valence-corrected chi connectivity index (χ3v) is 7.87. The molecule has 0 aliphatic carbocycles. The molecule has 1 aliphatic heterocycles. The number of piperazine rings is 1. The monoisotopic (exact) mass is 509 g/mol. The number of ether oxygens (including phenoxy) is 1. The number of carbonyl (C=O) groups is 4. The summed E-state index contributed by atoms with van der Waals surface area (Å²) in [6.45, 7) is 1.86. The van der Waals surface area contributed by atoms with Crippen molar-refractivity contribution in [2.45, 2.75) is 30.0 Å². The SMILES string of the molecule is CSC1C(=O)N(C)C(Cc2ccc(OCC=C(C)C(=O)NCCC(=O)O)cc2)(SC)C(=O)N1C. The fourth-order valence-corrected chi connectivity index (χ4v) is 5.31. The van der Waals surface area contributed by atoms with E-state index in [1.165, 1.54) is 28.4 Å². The number of hydrogen-bond acceptors (Lipinski definition) is 7. The molecular weight excluding hydrogens is 478 g/mol. The molecule has 186 valence electrons. The molecule has 0 spiro atoms. The van der Waals surface area contributed by atoms with E-state index < -0.39 is 16.2 Å². The van der Waals surface area contributed by atoms with E-state index in [0.717, 1.165) is 5.56 Å². The second kappa shape index (κ2) is 12.2. The minimum absolute atomic E-state index is 0.0657. The van der Waals surface area contributed by atoms with Crippen molar-refractivity contribution < 1.29 is 29.0 Å². The van der Waals surface area contributed by atoms with Crippen LogP contribution in [0.15, 0.2) is 35.9 Å². The molecule has 0 aromatic heterocycles. The van der Waals surface area contributed by atoms with Crippen molar-refractivity contribution in [1.29, 1.82) is 0 Å². The normalized spacial score (nSPS) is 21.0. The summed E-state index contributed by atoms with van der Waals surface area (Å²) in [5, 5.41) is 10.6. The number of hydrogen-bond donors (Lipinski definition) is 2. The van der Waals surface area contributed by atoms with E-state index >= 15 is 0 Å². The Labute approximate surface area is 208 Å². The summed E-state index contributed by atoms with van der Waals surface area (Å²) in [6.07, 6.45) is 5.48. The van der Waals surface area contributed by atoms with Gasteiger partial charge in [0.15, 0.2) is 10.2 Å². The highest BCUT2D eigenvalue weighted by Crippen LogP contribution is 2.39. The van der Waals surface area contributed by atoms with Crippen LogP contribution in [-0.4, -0.2) is 88.6 Å². The van der Waals surface area contributed by atoms with E-state index in [1.54, 1.807) is 44.1 Å². The lowest BCUT2D eigenvalue weighted by Crippen LogP contribution is -2.68. The summed E-state index contributed by atoms with van der Waals surface area (Å²) in [4.78, 5) is 50.6. The molecule has 34 heavy (non-hydrogen) atoms. The molecule has 1 aromatic rings. The molecule has 3 amide bonds. The van der Waals surface area contributed by atoms with Crippen molar-refractivity contribution in [3.8, 4) is 5.75 Å². The number of thioether (sulfide) groups is 2. The van der Waals surface area contributed by atoms with Gasteiger partial charge in [-0.25, -0.2) is 0 Å². The van der Waals surface area contributed by atoms with Gasteiger partial charge in [0.25, 0.3) is 11.8 Å². The van der Waals surface area contributed by atoms with E-state index in [-0.39, 0.29) is 37.3 Å². The summed E-state index contributed by atoms with van der Waals surface area (Å²) in [6, 6.07) is 7.27. The largest absolute Gasteiger partial charge is 0.490 e. The molecule has 1 saturated heterocycles. The number of rotatable bonds is 11. The molecule has 1 aromatic carbocycles. The number of benzene rings is 1. The van der Waals surface area contributed by atoms with Crippen LogP contribution in [0.2, 0.25) is 0 Å². The van der Waals surface area contributed by atoms with Crippen LogP contribution < -0.4 is 10.1 Å². The maximum atomic E-state index is 13.2. The molecule has 1 aliphatic rings. The van der Waals surface area contributed by atoms with Gasteiger partial charge in [0.2, 0.25) is 5.91 Å². The van der Waals surface area contributed by atoms with Crippen molar-refractivity contribution in [1.82, 2.24) is 15.1 Å². The Morgan fingerprint density at radius 2 is 1.85 bits per heavy atom. The molecule has 2 N–H and O–H groups in total. The van der Waals surface area contributed by atoms with Crippen LogP contribution in [0.25, 0.3) is 0 Å². The second-order valence-corrected chi connectivity index (χ2v) is 9.81. The Balaban J connectivity index is 2.01. The summed E-state index contributed by atoms with van der Waals surface area (Å²) < 4.78 is 5.67. The number of carboxylic acid groups (broad SMARTS) is 1. The highest BCUT2D eigenvalue weighted by molar-refractivity contribution is 8.01. The Morgan fingerprint density at radius 3 is 2.41 bits per heavy atom. The van der Waals surface area contributed by atoms with E-state index in [0.29, 0.717) is 17.7 Å². The zero-order valence-electron chi connectivity index (χ0n) is 20.0. The zero-order chi connectivity index (χ0) is 25.5. The van der Waals surface area contributed by atoms with Crippen molar-refractivity contribution in [2.24, 2.45) is 0 Å². The van der Waals surface area contributed by atoms with Gasteiger partial charge < -0.3 is 25.0 Å². The Bertz CT molecular complexity index is 953. The van der Waals surface area contributed by atoms with Crippen LogP contribution in [0.4, 0.5) is 0 Å². The first-order valence-electron chi connectivity index (χ1n) is 10.6. The van der Waals surface area contributed by atoms with Gasteiger partial charge in [0.05, 0.1) is 6.42 Å². The standard InChI is InChI=1S/C23H31N3O6S2/c1-15(19(29)24-12-10-18(27)28)11-13-32-17-8-6-16(7-9-17)14-23(34-5)22(31)25(2)21(33-4)20(30)26(23)3/h6-9,11,21H,10,12-14H2,1-5H3,(H,24,29)(H,27,28). The average molecular weight is 510 g/mol. The summed E-state index contributed by atoms with van der Waals surface area (Å²) in [5.41, 5.74) is 1.32. The van der Waals surface area contributed by atoms with Gasteiger partial charge in [-0.15, -0.1) is 23.5 Å². The lowest BCUT2D eigenvalue weighted by atomic mass is 10.0. The first kappa shape index (κ1) is 27.6. The van der Waals surface area contributed by atoms with Crippen LogP contribution in [0.3, 0.4) is 0 Å². The average Bonchev–Trinajstić information content (AvgIpc) is 2.81. The van der Waals surface area contributed by atoms with Crippen molar-refractivity contribution in [2.75, 3.05) is 39.8 Å². The van der Waals surface area contributed by atoms with Crippen molar-refractivity contribution >= 4 is 47.2 Å². The van der Waals surface area contributed by atoms with Gasteiger partial charge in [-0.3, -0.25) is 19.2 Å². The lowest BCUT2D eigenvalue weighted by Gasteiger charge is -2.48. The van der Waals surface area contributed by atoms with E-state index in [2.05, 4.69) is 5.32 Å². The zero-order valence-corrected chi connectivity index (χ0v) is 21.6. The molecular formula is C23H31N3O6S2. The maximum absolute atomic E-state index is 13.2. The summed E-state index contributed by atoms with van der Waals surface area (Å²) >= 11 is 2.69. The number of carbonyl (C=O) groups excluding carboxylic acids is 3. The van der Waals surface area contributed by atoms with Crippen LogP contribution >= 0.6 is 23.5 Å². The molecule has 1 heterocycles. The van der Waals surface area contributed by atoms with Gasteiger partial charge in [0, 0.05) is 32.6 Å². The predicted octanol–water partition coefficient (Wildman–Crippen LogP) is 1.82. The first-order valence-corrected chi connectivity index (χ1v) is 13.1. The second-order valence-electron chi connectivity index (χ2n) is 7.81. The van der Waals surface area contributed by atoms with Crippen molar-refractivity contribution in [3.05, 3.63) is 41.5 Å². The smallest absolute Gasteiger partial charge is 0.305 e.